The van der Waals surface area contributed by atoms with Gasteiger partial charge in [0, 0.05) is 6.42 Å². The predicted octanol–water partition coefficient (Wildman–Crippen LogP) is 4.74. The summed E-state index contributed by atoms with van der Waals surface area (Å²) in [5.41, 5.74) is -0.0841. The maximum Gasteiger partial charge on any atom is 0.144 e. The molecule has 1 heterocycles. The maximum absolute atomic E-state index is 13.1. The number of hydrogen-bond acceptors (Lipinski definition) is 2. The lowest BCUT2D eigenvalue weighted by Gasteiger charge is -2.75. The number of ketones is 1. The Morgan fingerprint density at radius 3 is 2.64 bits per heavy atom. The van der Waals surface area contributed by atoms with Crippen LogP contribution in [0, 0.1) is 34.5 Å². The first-order chi connectivity index (χ1) is 10.3. The van der Waals surface area contributed by atoms with E-state index in [1.165, 1.54) is 6.42 Å². The molecule has 122 valence electrons. The largest absolute Gasteiger partial charge is 0.490 e. The Bertz CT molecular complexity index is 562. The number of carbonyl (C=O) groups excluding carboxylic acids is 1. The van der Waals surface area contributed by atoms with Crippen LogP contribution in [-0.2, 0) is 9.53 Å². The molecule has 22 heavy (non-hydrogen) atoms. The van der Waals surface area contributed by atoms with Gasteiger partial charge in [0.1, 0.15) is 17.1 Å². The predicted molar refractivity (Wildman–Crippen MR) is 87.2 cm³/mol. The Hall–Kier alpha value is -0.790. The van der Waals surface area contributed by atoms with Gasteiger partial charge in [0.05, 0.1) is 11.3 Å². The van der Waals surface area contributed by atoms with Gasteiger partial charge in [0.25, 0.3) is 0 Å². The minimum absolute atomic E-state index is 0.0525. The third kappa shape index (κ3) is 1.29. The molecule has 0 aromatic heterocycles. The Morgan fingerprint density at radius 2 is 2.05 bits per heavy atom. The van der Waals surface area contributed by atoms with Crippen molar-refractivity contribution in [3.8, 4) is 0 Å². The molecule has 4 rings (SSSR count). The standard InChI is InChI=1S/C20H30O2/c1-6-14-7-8-16(21)19-11-15-17(19)20(22-15,13(4)12(2)3)10-9-18(14,19)5/h11-14,17H,6-10H2,1-5H3. The van der Waals surface area contributed by atoms with E-state index < -0.39 is 0 Å². The minimum atomic E-state index is -0.194. The van der Waals surface area contributed by atoms with Crippen LogP contribution in [0.2, 0.25) is 0 Å². The molecule has 3 aliphatic carbocycles. The molecule has 6 unspecified atom stereocenters. The molecular formula is C20H30O2. The van der Waals surface area contributed by atoms with Crippen LogP contribution in [0.3, 0.4) is 0 Å². The van der Waals surface area contributed by atoms with E-state index in [0.717, 1.165) is 31.4 Å². The number of ether oxygens (including phenoxy) is 1. The van der Waals surface area contributed by atoms with E-state index in [-0.39, 0.29) is 16.4 Å². The lowest BCUT2D eigenvalue weighted by Crippen LogP contribution is -2.77. The SMILES string of the molecule is CCC1CCC(=O)C23C=C4OC(C(C)C(C)C)(CCC12C)C43. The molecule has 2 nitrogen and oxygen atoms in total. The van der Waals surface area contributed by atoms with Crippen LogP contribution in [0.1, 0.15) is 66.7 Å². The molecule has 4 aliphatic rings. The van der Waals surface area contributed by atoms with Crippen molar-refractivity contribution in [3.05, 3.63) is 11.8 Å². The van der Waals surface area contributed by atoms with Gasteiger partial charge in [-0.1, -0.05) is 41.0 Å². The van der Waals surface area contributed by atoms with E-state index >= 15 is 0 Å². The average molecular weight is 302 g/mol. The van der Waals surface area contributed by atoms with Crippen molar-refractivity contribution >= 4 is 5.78 Å². The Morgan fingerprint density at radius 1 is 1.32 bits per heavy atom. The number of hydrogen-bond donors (Lipinski definition) is 0. The molecule has 0 radical (unpaired) electrons. The summed E-state index contributed by atoms with van der Waals surface area (Å²) in [5, 5.41) is 0. The second-order valence-electron chi connectivity index (χ2n) is 8.92. The Labute approximate surface area is 134 Å². The molecule has 0 N–H and O–H groups in total. The highest BCUT2D eigenvalue weighted by atomic mass is 16.5. The number of Topliss-reactive ketones (excluding diaryl/α,β-unsaturated/α-hetero) is 1. The summed E-state index contributed by atoms with van der Waals surface area (Å²) in [5.74, 6) is 3.85. The van der Waals surface area contributed by atoms with E-state index in [1.807, 2.05) is 0 Å². The average Bonchev–Trinajstić information content (AvgIpc) is 2.44. The number of carbonyl (C=O) groups is 1. The highest BCUT2D eigenvalue weighted by Gasteiger charge is 2.80. The lowest BCUT2D eigenvalue weighted by atomic mass is 9.33. The van der Waals surface area contributed by atoms with E-state index in [0.29, 0.717) is 29.5 Å². The molecular weight excluding hydrogens is 272 g/mol. The molecule has 2 saturated carbocycles. The first-order valence-corrected chi connectivity index (χ1v) is 9.28. The van der Waals surface area contributed by atoms with Gasteiger partial charge in [-0.05, 0) is 48.5 Å². The van der Waals surface area contributed by atoms with Crippen LogP contribution in [0.5, 0.6) is 0 Å². The van der Waals surface area contributed by atoms with Crippen LogP contribution >= 0.6 is 0 Å². The molecule has 6 atom stereocenters. The topological polar surface area (TPSA) is 26.3 Å². The molecule has 0 amide bonds. The molecule has 2 heteroatoms. The summed E-state index contributed by atoms with van der Waals surface area (Å²) in [4.78, 5) is 13.1. The van der Waals surface area contributed by atoms with Crippen LogP contribution < -0.4 is 0 Å². The van der Waals surface area contributed by atoms with Gasteiger partial charge in [0.15, 0.2) is 0 Å². The van der Waals surface area contributed by atoms with Crippen molar-refractivity contribution in [1.82, 2.24) is 0 Å². The van der Waals surface area contributed by atoms with E-state index in [4.69, 9.17) is 4.74 Å². The normalized spacial score (nSPS) is 50.1. The zero-order valence-corrected chi connectivity index (χ0v) is 14.7. The molecule has 1 aliphatic heterocycles. The summed E-state index contributed by atoms with van der Waals surface area (Å²) in [6.07, 6.45) is 7.60. The van der Waals surface area contributed by atoms with E-state index in [2.05, 4.69) is 40.7 Å². The minimum Gasteiger partial charge on any atom is -0.490 e. The smallest absolute Gasteiger partial charge is 0.144 e. The van der Waals surface area contributed by atoms with Gasteiger partial charge in [-0.25, -0.2) is 0 Å². The quantitative estimate of drug-likeness (QED) is 0.753. The second kappa shape index (κ2) is 4.19. The van der Waals surface area contributed by atoms with Crippen LogP contribution in [0.15, 0.2) is 11.8 Å². The lowest BCUT2D eigenvalue weighted by molar-refractivity contribution is -0.296. The Kier molecular flexibility index (Phi) is 2.81. The molecule has 0 aromatic rings. The van der Waals surface area contributed by atoms with Gasteiger partial charge in [-0.15, -0.1) is 0 Å². The van der Waals surface area contributed by atoms with Crippen molar-refractivity contribution in [2.45, 2.75) is 72.3 Å². The van der Waals surface area contributed by atoms with Crippen LogP contribution in [-0.4, -0.2) is 11.4 Å². The molecule has 3 fully saturated rings. The molecule has 1 spiro atoms. The monoisotopic (exact) mass is 302 g/mol. The van der Waals surface area contributed by atoms with Crippen molar-refractivity contribution in [2.24, 2.45) is 34.5 Å². The van der Waals surface area contributed by atoms with Crippen molar-refractivity contribution in [3.63, 3.8) is 0 Å². The van der Waals surface area contributed by atoms with Crippen molar-refractivity contribution < 1.29 is 9.53 Å². The highest BCUT2D eigenvalue weighted by molar-refractivity contribution is 5.92. The third-order valence-corrected chi connectivity index (χ3v) is 8.23. The van der Waals surface area contributed by atoms with E-state index in [1.54, 1.807) is 0 Å². The zero-order chi connectivity index (χ0) is 15.9. The van der Waals surface area contributed by atoms with Gasteiger partial charge in [-0.2, -0.15) is 0 Å². The Balaban J connectivity index is 1.81. The second-order valence-corrected chi connectivity index (χ2v) is 8.92. The fourth-order valence-corrected chi connectivity index (χ4v) is 6.54. The van der Waals surface area contributed by atoms with Crippen LogP contribution in [0.25, 0.3) is 0 Å². The summed E-state index contributed by atoms with van der Waals surface area (Å²) < 4.78 is 6.33. The third-order valence-electron chi connectivity index (χ3n) is 8.23. The first-order valence-electron chi connectivity index (χ1n) is 9.28. The van der Waals surface area contributed by atoms with Gasteiger partial charge in [0.2, 0.25) is 0 Å². The van der Waals surface area contributed by atoms with Gasteiger partial charge >= 0.3 is 0 Å². The van der Waals surface area contributed by atoms with Crippen molar-refractivity contribution in [2.75, 3.05) is 0 Å². The summed E-state index contributed by atoms with van der Waals surface area (Å²) in [6, 6.07) is 0. The van der Waals surface area contributed by atoms with Gasteiger partial charge < -0.3 is 4.74 Å². The highest BCUT2D eigenvalue weighted by Crippen LogP contribution is 2.78. The van der Waals surface area contributed by atoms with Gasteiger partial charge in [-0.3, -0.25) is 4.79 Å². The van der Waals surface area contributed by atoms with E-state index in [9.17, 15) is 4.79 Å². The first kappa shape index (κ1) is 14.8. The molecule has 0 bridgehead atoms. The summed E-state index contributed by atoms with van der Waals surface area (Å²) in [7, 11) is 0. The number of rotatable bonds is 3. The summed E-state index contributed by atoms with van der Waals surface area (Å²) >= 11 is 0. The van der Waals surface area contributed by atoms with Crippen molar-refractivity contribution in [1.29, 1.82) is 0 Å². The fourth-order valence-electron chi connectivity index (χ4n) is 6.54. The fraction of sp³-hybridized carbons (Fsp3) is 0.850. The maximum atomic E-state index is 13.1. The molecule has 0 aromatic carbocycles. The summed E-state index contributed by atoms with van der Waals surface area (Å²) in [6.45, 7) is 11.6. The van der Waals surface area contributed by atoms with Crippen LogP contribution in [0.4, 0.5) is 0 Å². The number of allylic oxidation sites excluding steroid dienone is 1. The zero-order valence-electron chi connectivity index (χ0n) is 14.7. The molecule has 1 saturated heterocycles.